The Morgan fingerprint density at radius 1 is 0.821 bits per heavy atom. The monoisotopic (exact) mass is 557 g/mol. The molecule has 0 heterocycles. The lowest BCUT2D eigenvalue weighted by molar-refractivity contribution is 0.0422. The van der Waals surface area contributed by atoms with Crippen molar-refractivity contribution in [2.24, 2.45) is 11.8 Å². The number of nitrogens with zero attached hydrogens (tertiary/aromatic N) is 1. The fraction of sp³-hybridized carbons (Fsp3) is 0.576. The molecule has 0 aromatic heterocycles. The van der Waals surface area contributed by atoms with Crippen LogP contribution in [0.4, 0.5) is 4.79 Å². The van der Waals surface area contributed by atoms with Gasteiger partial charge in [-0.2, -0.15) is 0 Å². The Kier molecular flexibility index (Phi) is 15.0. The van der Waals surface area contributed by atoms with Gasteiger partial charge in [-0.05, 0) is 60.9 Å². The van der Waals surface area contributed by atoms with Gasteiger partial charge in [0.1, 0.15) is 0 Å². The van der Waals surface area contributed by atoms with Crippen LogP contribution in [0.3, 0.4) is 0 Å². The number of halogens is 1. The summed E-state index contributed by atoms with van der Waals surface area (Å²) in [6.07, 6.45) is 8.03. The van der Waals surface area contributed by atoms with E-state index in [0.717, 1.165) is 62.5 Å². The van der Waals surface area contributed by atoms with Gasteiger partial charge in [0.25, 0.3) is 0 Å². The van der Waals surface area contributed by atoms with Crippen molar-refractivity contribution < 1.29 is 19.1 Å². The quantitative estimate of drug-likeness (QED) is 0.182. The second kappa shape index (κ2) is 17.9. The summed E-state index contributed by atoms with van der Waals surface area (Å²) in [6, 6.07) is 14.4. The Labute approximate surface area is 241 Å². The zero-order valence-electron chi connectivity index (χ0n) is 24.6. The first-order chi connectivity index (χ1) is 18.9. The molecule has 1 amide bonds. The van der Waals surface area contributed by atoms with Gasteiger partial charge in [-0.25, -0.2) is 9.59 Å². The average molecular weight is 558 g/mol. The molecule has 5 nitrogen and oxygen atoms in total. The highest BCUT2D eigenvalue weighted by atomic mass is 35.5. The summed E-state index contributed by atoms with van der Waals surface area (Å²) in [6.45, 7) is 11.7. The molecule has 0 radical (unpaired) electrons. The molecule has 2 aromatic carbocycles. The number of ether oxygens (including phenoxy) is 2. The van der Waals surface area contributed by atoms with Crippen LogP contribution in [0.2, 0.25) is 5.02 Å². The highest BCUT2D eigenvalue weighted by Gasteiger charge is 2.32. The lowest BCUT2D eigenvalue weighted by Crippen LogP contribution is -2.40. The number of hydrogen-bond acceptors (Lipinski definition) is 4. The predicted molar refractivity (Wildman–Crippen MR) is 160 cm³/mol. The van der Waals surface area contributed by atoms with Gasteiger partial charge in [0.15, 0.2) is 0 Å². The molecule has 0 aliphatic rings. The highest BCUT2D eigenvalue weighted by Crippen LogP contribution is 2.34. The summed E-state index contributed by atoms with van der Waals surface area (Å²) in [5, 5.41) is 0.611. The fourth-order valence-corrected chi connectivity index (χ4v) is 5.08. The molecule has 216 valence electrons. The molecule has 6 heteroatoms. The first-order valence-electron chi connectivity index (χ1n) is 14.8. The highest BCUT2D eigenvalue weighted by molar-refractivity contribution is 6.30. The third kappa shape index (κ3) is 10.2. The van der Waals surface area contributed by atoms with Crippen molar-refractivity contribution in [2.45, 2.75) is 92.0 Å². The molecule has 3 unspecified atom stereocenters. The summed E-state index contributed by atoms with van der Waals surface area (Å²) >= 11 is 6.24. The van der Waals surface area contributed by atoms with E-state index in [-0.39, 0.29) is 18.7 Å². The fourth-order valence-electron chi connectivity index (χ4n) is 4.95. The zero-order chi connectivity index (χ0) is 28.6. The third-order valence-corrected chi connectivity index (χ3v) is 7.72. The van der Waals surface area contributed by atoms with Gasteiger partial charge in [-0.3, -0.25) is 4.90 Å². The molecular weight excluding hydrogens is 510 g/mol. The molecule has 2 rings (SSSR count). The van der Waals surface area contributed by atoms with Crippen molar-refractivity contribution in [1.82, 2.24) is 4.90 Å². The Balaban J connectivity index is 2.54. The number of esters is 1. The van der Waals surface area contributed by atoms with E-state index in [9.17, 15) is 9.59 Å². The van der Waals surface area contributed by atoms with Gasteiger partial charge in [-0.15, -0.1) is 0 Å². The van der Waals surface area contributed by atoms with Crippen LogP contribution in [0, 0.1) is 11.8 Å². The summed E-state index contributed by atoms with van der Waals surface area (Å²) < 4.78 is 11.5. The van der Waals surface area contributed by atoms with E-state index in [0.29, 0.717) is 35.6 Å². The van der Waals surface area contributed by atoms with Crippen molar-refractivity contribution >= 4 is 23.7 Å². The molecule has 3 atom stereocenters. The zero-order valence-corrected chi connectivity index (χ0v) is 25.3. The number of unbranched alkanes of at least 4 members (excludes halogenated alkanes) is 2. The average Bonchev–Trinajstić information content (AvgIpc) is 2.95. The van der Waals surface area contributed by atoms with Crippen LogP contribution >= 0.6 is 11.6 Å². The van der Waals surface area contributed by atoms with Crippen LogP contribution in [-0.4, -0.2) is 36.7 Å². The summed E-state index contributed by atoms with van der Waals surface area (Å²) in [5.74, 6) is 0.293. The third-order valence-electron chi connectivity index (χ3n) is 7.47. The van der Waals surface area contributed by atoms with E-state index in [1.165, 1.54) is 0 Å². The number of rotatable bonds is 17. The topological polar surface area (TPSA) is 55.8 Å². The molecule has 0 aliphatic heterocycles. The van der Waals surface area contributed by atoms with Gasteiger partial charge < -0.3 is 9.47 Å². The van der Waals surface area contributed by atoms with Crippen LogP contribution in [-0.2, 0) is 9.47 Å². The maximum atomic E-state index is 13.5. The lowest BCUT2D eigenvalue weighted by atomic mass is 9.91. The number of amides is 1. The van der Waals surface area contributed by atoms with Crippen molar-refractivity contribution in [2.75, 3.05) is 19.8 Å². The van der Waals surface area contributed by atoms with E-state index in [4.69, 9.17) is 21.1 Å². The van der Waals surface area contributed by atoms with Crippen LogP contribution in [0.5, 0.6) is 0 Å². The van der Waals surface area contributed by atoms with E-state index in [1.54, 1.807) is 11.0 Å². The Hall–Kier alpha value is -2.53. The van der Waals surface area contributed by atoms with Gasteiger partial charge in [0, 0.05) is 11.6 Å². The minimum atomic E-state index is -0.525. The lowest BCUT2D eigenvalue weighted by Gasteiger charge is -2.35. The van der Waals surface area contributed by atoms with Crippen LogP contribution in [0.15, 0.2) is 48.5 Å². The molecule has 0 aliphatic carbocycles. The van der Waals surface area contributed by atoms with Crippen molar-refractivity contribution in [1.29, 1.82) is 0 Å². The van der Waals surface area contributed by atoms with Crippen molar-refractivity contribution in [3.05, 3.63) is 70.2 Å². The molecule has 0 bridgehead atoms. The number of carbonyl (C=O) groups excluding carboxylic acids is 2. The maximum absolute atomic E-state index is 13.5. The molecule has 2 aromatic rings. The molecular formula is C33H48ClNO4. The summed E-state index contributed by atoms with van der Waals surface area (Å²) in [7, 11) is 0. The van der Waals surface area contributed by atoms with Crippen LogP contribution < -0.4 is 0 Å². The smallest absolute Gasteiger partial charge is 0.410 e. The van der Waals surface area contributed by atoms with Crippen LogP contribution in [0.25, 0.3) is 0 Å². The normalized spacial score (nSPS) is 13.4. The second-order valence-electron chi connectivity index (χ2n) is 10.3. The standard InChI is InChI=1S/C33H48ClNO4/c1-6-11-15-25(8-3)23-35(33(37)38-10-5)31(27-19-21-28(34)22-20-27)29-17-13-14-18-30(29)32(36)39-24-26(9-4)16-12-7-2/h13-14,17-22,25-26,31H,6-12,15-16,23-24H2,1-5H3. The Morgan fingerprint density at radius 3 is 2.03 bits per heavy atom. The van der Waals surface area contributed by atoms with E-state index >= 15 is 0 Å². The van der Waals surface area contributed by atoms with Crippen molar-refractivity contribution in [3.63, 3.8) is 0 Å². The van der Waals surface area contributed by atoms with Gasteiger partial charge >= 0.3 is 12.1 Å². The molecule has 0 saturated heterocycles. The minimum absolute atomic E-state index is 0.272. The maximum Gasteiger partial charge on any atom is 0.410 e. The van der Waals surface area contributed by atoms with Gasteiger partial charge in [0.05, 0.1) is 24.8 Å². The second-order valence-corrected chi connectivity index (χ2v) is 10.8. The van der Waals surface area contributed by atoms with E-state index < -0.39 is 6.04 Å². The minimum Gasteiger partial charge on any atom is -0.462 e. The summed E-state index contributed by atoms with van der Waals surface area (Å²) in [5.41, 5.74) is 2.07. The molecule has 0 saturated carbocycles. The first-order valence-corrected chi connectivity index (χ1v) is 15.2. The largest absolute Gasteiger partial charge is 0.462 e. The molecule has 0 spiro atoms. The summed E-state index contributed by atoms with van der Waals surface area (Å²) in [4.78, 5) is 28.8. The molecule has 0 N–H and O–H groups in total. The SMILES string of the molecule is CCCCC(CC)COC(=O)c1ccccc1C(c1ccc(Cl)cc1)N(CC(CC)CCCC)C(=O)OCC. The van der Waals surface area contributed by atoms with E-state index in [1.807, 2.05) is 49.4 Å². The number of carbonyl (C=O) groups is 2. The molecule has 0 fully saturated rings. The number of hydrogen-bond donors (Lipinski definition) is 0. The predicted octanol–water partition coefficient (Wildman–Crippen LogP) is 9.48. The van der Waals surface area contributed by atoms with Crippen molar-refractivity contribution in [3.8, 4) is 0 Å². The van der Waals surface area contributed by atoms with Gasteiger partial charge in [-0.1, -0.05) is 108 Å². The Bertz CT molecular complexity index is 993. The van der Waals surface area contributed by atoms with E-state index in [2.05, 4.69) is 27.7 Å². The Morgan fingerprint density at radius 2 is 1.44 bits per heavy atom. The first kappa shape index (κ1) is 32.7. The van der Waals surface area contributed by atoms with Gasteiger partial charge in [0.2, 0.25) is 0 Å². The number of benzene rings is 2. The molecule has 39 heavy (non-hydrogen) atoms. The van der Waals surface area contributed by atoms with Crippen LogP contribution in [0.1, 0.15) is 114 Å².